The number of para-hydroxylation sites is 1. The fourth-order valence-corrected chi connectivity index (χ4v) is 4.48. The normalized spacial score (nSPS) is 18.8. The van der Waals surface area contributed by atoms with E-state index in [4.69, 9.17) is 4.74 Å². The van der Waals surface area contributed by atoms with E-state index in [0.29, 0.717) is 30.8 Å². The molecule has 7 heteroatoms. The Hall–Kier alpha value is -2.12. The molecule has 1 aliphatic rings. The summed E-state index contributed by atoms with van der Waals surface area (Å²) in [5, 5.41) is 2.98. The summed E-state index contributed by atoms with van der Waals surface area (Å²) < 4.78 is 46.6. The molecule has 2 aromatic rings. The lowest BCUT2D eigenvalue weighted by atomic mass is 10.2. The monoisotopic (exact) mass is 350 g/mol. The maximum absolute atomic E-state index is 13.6. The minimum atomic E-state index is -3.76. The van der Waals surface area contributed by atoms with Gasteiger partial charge in [0.25, 0.3) is 10.0 Å². The average Bonchev–Trinajstić information content (AvgIpc) is 2.56. The Morgan fingerprint density at radius 1 is 1.21 bits per heavy atom. The van der Waals surface area contributed by atoms with Gasteiger partial charge in [0, 0.05) is 12.5 Å². The van der Waals surface area contributed by atoms with E-state index in [0.717, 1.165) is 0 Å². The van der Waals surface area contributed by atoms with Crippen molar-refractivity contribution in [3.63, 3.8) is 0 Å². The van der Waals surface area contributed by atoms with Gasteiger partial charge in [-0.1, -0.05) is 18.2 Å². The van der Waals surface area contributed by atoms with Crippen LogP contribution in [0.15, 0.2) is 48.5 Å². The van der Waals surface area contributed by atoms with Crippen LogP contribution in [-0.4, -0.2) is 27.4 Å². The summed E-state index contributed by atoms with van der Waals surface area (Å²) >= 11 is 0. The lowest BCUT2D eigenvalue weighted by Gasteiger charge is -2.35. The van der Waals surface area contributed by atoms with Crippen molar-refractivity contribution in [1.29, 1.82) is 0 Å². The van der Waals surface area contributed by atoms with E-state index in [9.17, 15) is 12.8 Å². The molecule has 5 nitrogen and oxygen atoms in total. The first-order chi connectivity index (χ1) is 11.5. The van der Waals surface area contributed by atoms with Crippen LogP contribution in [0.3, 0.4) is 0 Å². The molecule has 0 fully saturated rings. The van der Waals surface area contributed by atoms with Crippen molar-refractivity contribution in [2.45, 2.75) is 18.3 Å². The molecule has 2 aromatic carbocycles. The molecule has 24 heavy (non-hydrogen) atoms. The van der Waals surface area contributed by atoms with E-state index in [2.05, 4.69) is 5.32 Å². The van der Waals surface area contributed by atoms with Gasteiger partial charge in [0.15, 0.2) is 0 Å². The van der Waals surface area contributed by atoms with Gasteiger partial charge in [-0.05, 0) is 44.3 Å². The second-order valence-corrected chi connectivity index (χ2v) is 7.47. The van der Waals surface area contributed by atoms with Crippen LogP contribution >= 0.6 is 0 Å². The third kappa shape index (κ3) is 3.09. The van der Waals surface area contributed by atoms with Crippen LogP contribution in [0, 0.1) is 5.82 Å². The molecular formula is C17H19FN2O3S. The fraction of sp³-hybridized carbons (Fsp3) is 0.294. The van der Waals surface area contributed by atoms with Gasteiger partial charge in [0.05, 0.1) is 11.4 Å². The van der Waals surface area contributed by atoms with E-state index >= 15 is 0 Å². The van der Waals surface area contributed by atoms with Gasteiger partial charge in [-0.25, -0.2) is 17.1 Å². The highest BCUT2D eigenvalue weighted by molar-refractivity contribution is 7.93. The highest BCUT2D eigenvalue weighted by Crippen LogP contribution is 2.43. The Morgan fingerprint density at radius 3 is 2.67 bits per heavy atom. The zero-order valence-corrected chi connectivity index (χ0v) is 14.1. The van der Waals surface area contributed by atoms with Gasteiger partial charge in [-0.3, -0.25) is 0 Å². The first-order valence-electron chi connectivity index (χ1n) is 7.74. The predicted octanol–water partition coefficient (Wildman–Crippen LogP) is 3.01. The molecule has 0 aromatic heterocycles. The van der Waals surface area contributed by atoms with E-state index in [-0.39, 0.29) is 5.75 Å². The van der Waals surface area contributed by atoms with E-state index in [1.54, 1.807) is 31.3 Å². The summed E-state index contributed by atoms with van der Waals surface area (Å²) in [5.41, 5.74) is -0.208. The predicted molar refractivity (Wildman–Crippen MR) is 91.5 cm³/mol. The Balaban J connectivity index is 2.07. The Labute approximate surface area is 141 Å². The average molecular weight is 350 g/mol. The summed E-state index contributed by atoms with van der Waals surface area (Å²) in [6, 6.07) is 12.6. The van der Waals surface area contributed by atoms with Crippen LogP contribution in [0.5, 0.6) is 5.75 Å². The quantitative estimate of drug-likeness (QED) is 0.842. The molecule has 1 N–H and O–H groups in total. The molecule has 0 unspecified atom stereocenters. The van der Waals surface area contributed by atoms with Gasteiger partial charge in [0.1, 0.15) is 11.6 Å². The zero-order valence-electron chi connectivity index (χ0n) is 13.3. The highest BCUT2D eigenvalue weighted by Gasteiger charge is 2.40. The third-order valence-electron chi connectivity index (χ3n) is 3.84. The second kappa shape index (κ2) is 6.78. The lowest BCUT2D eigenvalue weighted by Crippen LogP contribution is -2.43. The standard InChI is InChI=1S/C17H19FN2O3S/c1-19-11-5-8-17-23-16-12-13(18)9-10-15(16)20(24(17,21)22)14-6-3-2-4-7-14/h2-4,6-7,9-10,12,17,19H,5,8,11H2,1H3/t17-/m0/s1. The Morgan fingerprint density at radius 2 is 1.96 bits per heavy atom. The largest absolute Gasteiger partial charge is 0.470 e. The molecule has 1 aliphatic heterocycles. The van der Waals surface area contributed by atoms with Crippen molar-refractivity contribution in [3.05, 3.63) is 54.3 Å². The van der Waals surface area contributed by atoms with Crippen LogP contribution < -0.4 is 14.4 Å². The number of sulfonamides is 1. The van der Waals surface area contributed by atoms with Crippen LogP contribution in [0.4, 0.5) is 15.8 Å². The SMILES string of the molecule is CNCCC[C@H]1Oc2cc(F)ccc2N(c2ccccc2)S1(=O)=O. The van der Waals surface area contributed by atoms with E-state index in [1.807, 2.05) is 6.07 Å². The van der Waals surface area contributed by atoms with Gasteiger partial charge in [0.2, 0.25) is 5.44 Å². The third-order valence-corrected chi connectivity index (χ3v) is 5.76. The summed E-state index contributed by atoms with van der Waals surface area (Å²) in [6.45, 7) is 0.677. The molecule has 128 valence electrons. The molecule has 0 saturated carbocycles. The topological polar surface area (TPSA) is 58.6 Å². The minimum Gasteiger partial charge on any atom is -0.470 e. The summed E-state index contributed by atoms with van der Waals surface area (Å²) in [5.74, 6) is -0.224. The van der Waals surface area contributed by atoms with Crippen molar-refractivity contribution in [2.75, 3.05) is 17.9 Å². The van der Waals surface area contributed by atoms with E-state index < -0.39 is 21.3 Å². The van der Waals surface area contributed by atoms with Crippen LogP contribution in [-0.2, 0) is 10.0 Å². The molecule has 0 aliphatic carbocycles. The smallest absolute Gasteiger partial charge is 0.277 e. The summed E-state index contributed by atoms with van der Waals surface area (Å²) in [4.78, 5) is 0. The van der Waals surface area contributed by atoms with E-state index in [1.165, 1.54) is 22.5 Å². The number of hydrogen-bond acceptors (Lipinski definition) is 4. The molecule has 0 radical (unpaired) electrons. The minimum absolute atomic E-state index is 0.239. The second-order valence-electron chi connectivity index (χ2n) is 5.55. The van der Waals surface area contributed by atoms with Gasteiger partial charge in [-0.2, -0.15) is 0 Å². The Bertz CT molecular complexity index is 812. The van der Waals surface area contributed by atoms with Crippen molar-refractivity contribution in [2.24, 2.45) is 0 Å². The highest BCUT2D eigenvalue weighted by atomic mass is 32.2. The summed E-state index contributed by atoms with van der Waals surface area (Å²) in [7, 11) is -1.96. The first-order valence-corrected chi connectivity index (χ1v) is 9.24. The molecule has 0 spiro atoms. The molecule has 1 heterocycles. The number of halogens is 1. The van der Waals surface area contributed by atoms with Crippen molar-refractivity contribution >= 4 is 21.4 Å². The van der Waals surface area contributed by atoms with Gasteiger partial charge >= 0.3 is 0 Å². The van der Waals surface area contributed by atoms with Gasteiger partial charge in [-0.15, -0.1) is 0 Å². The number of fused-ring (bicyclic) bond motifs is 1. The Kier molecular flexibility index (Phi) is 4.73. The number of ether oxygens (including phenoxy) is 1. The number of nitrogens with one attached hydrogen (secondary N) is 1. The molecule has 0 bridgehead atoms. The van der Waals surface area contributed by atoms with Crippen LogP contribution in [0.2, 0.25) is 0 Å². The lowest BCUT2D eigenvalue weighted by molar-refractivity contribution is 0.253. The van der Waals surface area contributed by atoms with Crippen LogP contribution in [0.1, 0.15) is 12.8 Å². The van der Waals surface area contributed by atoms with Crippen molar-refractivity contribution in [1.82, 2.24) is 5.32 Å². The summed E-state index contributed by atoms with van der Waals surface area (Å²) in [6.07, 6.45) is 0.954. The van der Waals surface area contributed by atoms with Crippen molar-refractivity contribution < 1.29 is 17.5 Å². The van der Waals surface area contributed by atoms with Crippen LogP contribution in [0.25, 0.3) is 0 Å². The maximum atomic E-state index is 13.6. The maximum Gasteiger partial charge on any atom is 0.277 e. The molecular weight excluding hydrogens is 331 g/mol. The zero-order chi connectivity index (χ0) is 17.2. The fourth-order valence-electron chi connectivity index (χ4n) is 2.71. The number of hydrogen-bond donors (Lipinski definition) is 1. The number of benzene rings is 2. The number of rotatable bonds is 5. The van der Waals surface area contributed by atoms with Crippen molar-refractivity contribution in [3.8, 4) is 5.75 Å². The molecule has 0 amide bonds. The molecule has 3 rings (SSSR count). The van der Waals surface area contributed by atoms with Gasteiger partial charge < -0.3 is 10.1 Å². The molecule has 1 atom stereocenters. The number of anilines is 2. The first kappa shape index (κ1) is 16.7. The molecule has 0 saturated heterocycles. The number of nitrogens with zero attached hydrogens (tertiary/aromatic N) is 1.